The van der Waals surface area contributed by atoms with Gasteiger partial charge < -0.3 is 14.8 Å². The van der Waals surface area contributed by atoms with Crippen LogP contribution in [0.15, 0.2) is 16.5 Å². The van der Waals surface area contributed by atoms with E-state index in [1.54, 1.807) is 0 Å². The average Bonchev–Trinajstić information content (AvgIpc) is 2.79. The van der Waals surface area contributed by atoms with Crippen LogP contribution in [-0.2, 0) is 0 Å². The number of nitrogens with one attached hydrogen (secondary N) is 1. The lowest BCUT2D eigenvalue weighted by Gasteiger charge is -2.08. The van der Waals surface area contributed by atoms with Gasteiger partial charge in [0, 0.05) is 24.1 Å². The number of hydrogen-bond acceptors (Lipinski definition) is 3. The molecule has 20 heavy (non-hydrogen) atoms. The molecular weight excluding hydrogens is 254 g/mol. The van der Waals surface area contributed by atoms with Gasteiger partial charge in [-0.1, -0.05) is 19.1 Å². The molecule has 0 fully saturated rings. The van der Waals surface area contributed by atoms with Crippen LogP contribution < -0.4 is 5.32 Å². The van der Waals surface area contributed by atoms with Crippen molar-refractivity contribution in [2.24, 2.45) is 5.92 Å². The molecule has 0 aliphatic rings. The second-order valence-corrected chi connectivity index (χ2v) is 5.46. The van der Waals surface area contributed by atoms with Crippen molar-refractivity contribution in [3.8, 4) is 0 Å². The van der Waals surface area contributed by atoms with Crippen LogP contribution in [-0.4, -0.2) is 24.2 Å². The Morgan fingerprint density at radius 2 is 1.95 bits per heavy atom. The van der Waals surface area contributed by atoms with E-state index in [1.165, 1.54) is 0 Å². The number of benzene rings is 1. The van der Waals surface area contributed by atoms with Crippen LogP contribution in [0.4, 0.5) is 0 Å². The first kappa shape index (κ1) is 14.6. The van der Waals surface area contributed by atoms with Gasteiger partial charge in [-0.2, -0.15) is 0 Å². The maximum Gasteiger partial charge on any atom is 0.287 e. The molecule has 0 saturated carbocycles. The van der Waals surface area contributed by atoms with Crippen LogP contribution in [0.5, 0.6) is 0 Å². The number of aliphatic hydroxyl groups is 1. The minimum atomic E-state index is -0.224. The molecule has 4 nitrogen and oxygen atoms in total. The van der Waals surface area contributed by atoms with Crippen molar-refractivity contribution in [3.63, 3.8) is 0 Å². The van der Waals surface area contributed by atoms with Gasteiger partial charge in [0.15, 0.2) is 5.76 Å². The summed E-state index contributed by atoms with van der Waals surface area (Å²) in [4.78, 5) is 12.2. The van der Waals surface area contributed by atoms with E-state index in [0.29, 0.717) is 12.3 Å². The molecule has 2 N–H and O–H groups in total. The summed E-state index contributed by atoms with van der Waals surface area (Å²) in [6.07, 6.45) is 0. The van der Waals surface area contributed by atoms with Gasteiger partial charge in [0.05, 0.1) is 0 Å². The predicted octanol–water partition coefficient (Wildman–Crippen LogP) is 2.72. The Kier molecular flexibility index (Phi) is 4.14. The number of carbonyl (C=O) groups is 1. The van der Waals surface area contributed by atoms with Crippen LogP contribution >= 0.6 is 0 Å². The molecule has 0 radical (unpaired) electrons. The molecule has 1 heterocycles. The normalized spacial score (nSPS) is 12.7. The van der Waals surface area contributed by atoms with Crippen molar-refractivity contribution in [2.45, 2.75) is 27.7 Å². The lowest BCUT2D eigenvalue weighted by Crippen LogP contribution is -2.29. The summed E-state index contributed by atoms with van der Waals surface area (Å²) in [7, 11) is 0. The molecule has 4 heteroatoms. The number of aryl methyl sites for hydroxylation is 3. The summed E-state index contributed by atoms with van der Waals surface area (Å²) < 4.78 is 5.76. The molecular formula is C16H21NO3. The first-order valence-corrected chi connectivity index (χ1v) is 6.84. The molecule has 1 unspecified atom stereocenters. The van der Waals surface area contributed by atoms with Crippen molar-refractivity contribution < 1.29 is 14.3 Å². The standard InChI is InChI=1S/C16H21NO3/c1-9(8-18)7-17-16(19)15-12(4)13-10(2)5-6-11(3)14(13)20-15/h5-6,9,18H,7-8H2,1-4H3,(H,17,19). The van der Waals surface area contributed by atoms with E-state index in [2.05, 4.69) is 5.32 Å². The molecule has 0 aliphatic carbocycles. The number of aliphatic hydroxyl groups excluding tert-OH is 1. The van der Waals surface area contributed by atoms with E-state index in [4.69, 9.17) is 9.52 Å². The Morgan fingerprint density at radius 3 is 2.55 bits per heavy atom. The van der Waals surface area contributed by atoms with Gasteiger partial charge in [-0.3, -0.25) is 4.79 Å². The summed E-state index contributed by atoms with van der Waals surface area (Å²) in [6, 6.07) is 4.03. The van der Waals surface area contributed by atoms with Gasteiger partial charge in [0.2, 0.25) is 0 Å². The van der Waals surface area contributed by atoms with E-state index in [1.807, 2.05) is 39.8 Å². The summed E-state index contributed by atoms with van der Waals surface area (Å²) in [6.45, 7) is 8.25. The number of amides is 1. The lowest BCUT2D eigenvalue weighted by atomic mass is 10.0. The second-order valence-electron chi connectivity index (χ2n) is 5.46. The molecule has 108 valence electrons. The van der Waals surface area contributed by atoms with E-state index in [-0.39, 0.29) is 18.4 Å². The summed E-state index contributed by atoms with van der Waals surface area (Å²) in [5.74, 6) is 0.174. The number of rotatable bonds is 4. The minimum absolute atomic E-state index is 0.0344. The predicted molar refractivity (Wildman–Crippen MR) is 79.0 cm³/mol. The zero-order valence-electron chi connectivity index (χ0n) is 12.4. The molecule has 0 saturated heterocycles. The minimum Gasteiger partial charge on any atom is -0.450 e. The Hall–Kier alpha value is -1.81. The summed E-state index contributed by atoms with van der Waals surface area (Å²) in [5.41, 5.74) is 3.78. The fraction of sp³-hybridized carbons (Fsp3) is 0.438. The Bertz CT molecular complexity index is 643. The molecule has 1 aromatic carbocycles. The lowest BCUT2D eigenvalue weighted by molar-refractivity contribution is 0.0916. The highest BCUT2D eigenvalue weighted by Gasteiger charge is 2.20. The summed E-state index contributed by atoms with van der Waals surface area (Å²) in [5, 5.41) is 12.8. The molecule has 1 amide bonds. The van der Waals surface area contributed by atoms with Crippen LogP contribution in [0, 0.1) is 26.7 Å². The highest BCUT2D eigenvalue weighted by Crippen LogP contribution is 2.30. The SMILES string of the molecule is Cc1ccc(C)c2c(C)c(C(=O)NCC(C)CO)oc12. The Balaban J connectivity index is 2.36. The van der Waals surface area contributed by atoms with Gasteiger partial charge in [-0.15, -0.1) is 0 Å². The molecule has 2 aromatic rings. The van der Waals surface area contributed by atoms with Crippen molar-refractivity contribution in [1.82, 2.24) is 5.32 Å². The number of carbonyl (C=O) groups excluding carboxylic acids is 1. The largest absolute Gasteiger partial charge is 0.450 e. The molecule has 0 bridgehead atoms. The van der Waals surface area contributed by atoms with Gasteiger partial charge in [0.1, 0.15) is 5.58 Å². The van der Waals surface area contributed by atoms with Crippen molar-refractivity contribution in [3.05, 3.63) is 34.6 Å². The van der Waals surface area contributed by atoms with E-state index >= 15 is 0 Å². The van der Waals surface area contributed by atoms with Crippen molar-refractivity contribution in [2.75, 3.05) is 13.2 Å². The van der Waals surface area contributed by atoms with Gasteiger partial charge in [-0.05, 0) is 37.8 Å². The fourth-order valence-electron chi connectivity index (χ4n) is 2.30. The van der Waals surface area contributed by atoms with Gasteiger partial charge >= 0.3 is 0 Å². The van der Waals surface area contributed by atoms with E-state index in [0.717, 1.165) is 27.7 Å². The van der Waals surface area contributed by atoms with Gasteiger partial charge in [0.25, 0.3) is 5.91 Å². The van der Waals surface area contributed by atoms with Crippen LogP contribution in [0.2, 0.25) is 0 Å². The van der Waals surface area contributed by atoms with E-state index < -0.39 is 0 Å². The average molecular weight is 275 g/mol. The topological polar surface area (TPSA) is 62.5 Å². The third-order valence-corrected chi connectivity index (χ3v) is 3.61. The Morgan fingerprint density at radius 1 is 1.30 bits per heavy atom. The van der Waals surface area contributed by atoms with Crippen LogP contribution in [0.1, 0.15) is 34.2 Å². The maximum absolute atomic E-state index is 12.2. The summed E-state index contributed by atoms with van der Waals surface area (Å²) >= 11 is 0. The zero-order valence-corrected chi connectivity index (χ0v) is 12.4. The number of furan rings is 1. The second kappa shape index (κ2) is 5.67. The molecule has 2 rings (SSSR count). The van der Waals surface area contributed by atoms with Crippen LogP contribution in [0.25, 0.3) is 11.0 Å². The van der Waals surface area contributed by atoms with Gasteiger partial charge in [-0.25, -0.2) is 0 Å². The third-order valence-electron chi connectivity index (χ3n) is 3.61. The van der Waals surface area contributed by atoms with Crippen molar-refractivity contribution >= 4 is 16.9 Å². The maximum atomic E-state index is 12.2. The first-order valence-electron chi connectivity index (χ1n) is 6.84. The zero-order chi connectivity index (χ0) is 14.9. The molecule has 0 aliphatic heterocycles. The highest BCUT2D eigenvalue weighted by molar-refractivity contribution is 6.00. The highest BCUT2D eigenvalue weighted by atomic mass is 16.3. The van der Waals surface area contributed by atoms with Crippen LogP contribution in [0.3, 0.4) is 0 Å². The quantitative estimate of drug-likeness (QED) is 0.901. The first-order chi connectivity index (χ1) is 9.45. The molecule has 1 aromatic heterocycles. The smallest absolute Gasteiger partial charge is 0.287 e. The molecule has 1 atom stereocenters. The third kappa shape index (κ3) is 2.56. The number of hydrogen-bond donors (Lipinski definition) is 2. The monoisotopic (exact) mass is 275 g/mol. The van der Waals surface area contributed by atoms with Crippen molar-refractivity contribution in [1.29, 1.82) is 0 Å². The fourth-order valence-corrected chi connectivity index (χ4v) is 2.30. The number of fused-ring (bicyclic) bond motifs is 1. The molecule has 0 spiro atoms. The Labute approximate surface area is 118 Å². The van der Waals surface area contributed by atoms with E-state index in [9.17, 15) is 4.79 Å².